The van der Waals surface area contributed by atoms with Crippen LogP contribution >= 0.6 is 0 Å². The van der Waals surface area contributed by atoms with Gasteiger partial charge in [0.15, 0.2) is 0 Å². The van der Waals surface area contributed by atoms with E-state index in [0.29, 0.717) is 0 Å². The van der Waals surface area contributed by atoms with Gasteiger partial charge in [0.1, 0.15) is 0 Å². The van der Waals surface area contributed by atoms with E-state index >= 15 is 0 Å². The van der Waals surface area contributed by atoms with Crippen LogP contribution in [0.4, 0.5) is 0 Å². The van der Waals surface area contributed by atoms with Gasteiger partial charge in [-0.1, -0.05) is 6.42 Å². The van der Waals surface area contributed by atoms with Crippen LogP contribution in [0.25, 0.3) is 0 Å². The Kier molecular flexibility index (Phi) is 3.55. The molecule has 5 atom stereocenters. The second kappa shape index (κ2) is 5.34. The molecule has 0 aromatic carbocycles. The third-order valence-corrected chi connectivity index (χ3v) is 6.37. The van der Waals surface area contributed by atoms with Crippen LogP contribution in [-0.4, -0.2) is 50.3 Å². The number of ether oxygens (including phenoxy) is 1. The molecule has 1 N–H and O–H groups in total. The molecule has 0 aromatic rings. The first-order chi connectivity index (χ1) is 9.42. The van der Waals surface area contributed by atoms with E-state index in [0.717, 1.165) is 56.0 Å². The number of hydrogen-bond donors (Lipinski definition) is 1. The number of morpholine rings is 1. The number of hydrogen-bond acceptors (Lipinski definition) is 3. The maximum atomic E-state index is 5.40. The van der Waals surface area contributed by atoms with E-state index in [2.05, 4.69) is 10.2 Å². The van der Waals surface area contributed by atoms with Crippen LogP contribution in [0.2, 0.25) is 0 Å². The van der Waals surface area contributed by atoms with Gasteiger partial charge in [-0.2, -0.15) is 0 Å². The van der Waals surface area contributed by atoms with Crippen molar-refractivity contribution in [2.75, 3.05) is 39.4 Å². The van der Waals surface area contributed by atoms with E-state index < -0.39 is 0 Å². The largest absolute Gasteiger partial charge is 0.379 e. The normalized spacial score (nSPS) is 45.8. The molecule has 4 rings (SSSR count). The number of nitrogens with one attached hydrogen (secondary N) is 1. The molecule has 3 aliphatic carbocycles. The van der Waals surface area contributed by atoms with E-state index in [1.807, 2.05) is 0 Å². The Balaban J connectivity index is 1.24. The van der Waals surface area contributed by atoms with Crippen molar-refractivity contribution in [1.82, 2.24) is 10.2 Å². The highest BCUT2D eigenvalue weighted by Gasteiger charge is 2.53. The van der Waals surface area contributed by atoms with Gasteiger partial charge in [-0.25, -0.2) is 0 Å². The smallest absolute Gasteiger partial charge is 0.0594 e. The van der Waals surface area contributed by atoms with E-state index in [1.165, 1.54) is 32.4 Å². The second-order valence-corrected chi connectivity index (χ2v) is 7.17. The summed E-state index contributed by atoms with van der Waals surface area (Å²) in [6.07, 6.45) is 7.63. The Morgan fingerprint density at radius 3 is 2.74 bits per heavy atom. The maximum absolute atomic E-state index is 5.40. The SMILES string of the molecule is C1CC2C3CC(NCCN4CCOCC4)C(C3)C2C1. The molecule has 0 amide bonds. The van der Waals surface area contributed by atoms with Gasteiger partial charge in [0.2, 0.25) is 0 Å². The molecule has 0 spiro atoms. The molecule has 3 nitrogen and oxygen atoms in total. The Hall–Kier alpha value is -0.120. The second-order valence-electron chi connectivity index (χ2n) is 7.17. The van der Waals surface area contributed by atoms with Gasteiger partial charge in [-0.3, -0.25) is 4.90 Å². The molecule has 0 radical (unpaired) electrons. The van der Waals surface area contributed by atoms with E-state index in [1.54, 1.807) is 12.8 Å². The lowest BCUT2D eigenvalue weighted by atomic mass is 9.79. The molecular formula is C16H28N2O. The van der Waals surface area contributed by atoms with Gasteiger partial charge in [0.05, 0.1) is 13.2 Å². The standard InChI is InChI=1S/C16H28N2O/c1-2-13-12-10-15(14(13)3-1)16(11-12)17-4-5-18-6-8-19-9-7-18/h12-17H,1-11H2. The van der Waals surface area contributed by atoms with Crippen LogP contribution in [-0.2, 0) is 4.74 Å². The third-order valence-electron chi connectivity index (χ3n) is 6.37. The zero-order valence-electron chi connectivity index (χ0n) is 12.0. The van der Waals surface area contributed by atoms with Crippen LogP contribution in [0.5, 0.6) is 0 Å². The van der Waals surface area contributed by atoms with E-state index in [9.17, 15) is 0 Å². The van der Waals surface area contributed by atoms with Crippen molar-refractivity contribution < 1.29 is 4.74 Å². The first kappa shape index (κ1) is 12.6. The minimum atomic E-state index is 0.852. The van der Waals surface area contributed by atoms with Crippen molar-refractivity contribution in [3.05, 3.63) is 0 Å². The lowest BCUT2D eigenvalue weighted by Crippen LogP contribution is -2.45. The average molecular weight is 264 g/mol. The Labute approximate surface area is 117 Å². The van der Waals surface area contributed by atoms with Crippen molar-refractivity contribution in [3.63, 3.8) is 0 Å². The number of nitrogens with zero attached hydrogens (tertiary/aromatic N) is 1. The summed E-state index contributed by atoms with van der Waals surface area (Å²) in [4.78, 5) is 2.54. The van der Waals surface area contributed by atoms with Gasteiger partial charge in [-0.15, -0.1) is 0 Å². The van der Waals surface area contributed by atoms with Crippen LogP contribution in [0.15, 0.2) is 0 Å². The number of rotatable bonds is 4. The molecule has 19 heavy (non-hydrogen) atoms. The van der Waals surface area contributed by atoms with Gasteiger partial charge in [-0.05, 0) is 49.4 Å². The lowest BCUT2D eigenvalue weighted by molar-refractivity contribution is 0.0376. The van der Waals surface area contributed by atoms with Crippen molar-refractivity contribution in [1.29, 1.82) is 0 Å². The predicted octanol–water partition coefficient (Wildman–Crippen LogP) is 1.73. The summed E-state index contributed by atoms with van der Waals surface area (Å²) >= 11 is 0. The molecule has 108 valence electrons. The Bertz CT molecular complexity index is 316. The van der Waals surface area contributed by atoms with E-state index in [-0.39, 0.29) is 0 Å². The molecule has 2 bridgehead atoms. The van der Waals surface area contributed by atoms with Crippen LogP contribution in [0.3, 0.4) is 0 Å². The summed E-state index contributed by atoms with van der Waals surface area (Å²) in [6, 6.07) is 0.852. The molecule has 3 saturated carbocycles. The van der Waals surface area contributed by atoms with Crippen molar-refractivity contribution in [2.45, 2.75) is 38.1 Å². The highest BCUT2D eigenvalue weighted by Crippen LogP contribution is 2.58. The summed E-state index contributed by atoms with van der Waals surface area (Å²) in [5, 5.41) is 3.89. The molecule has 1 saturated heterocycles. The predicted molar refractivity (Wildman–Crippen MR) is 76.1 cm³/mol. The minimum Gasteiger partial charge on any atom is -0.379 e. The molecule has 5 unspecified atom stereocenters. The molecule has 1 aliphatic heterocycles. The first-order valence-corrected chi connectivity index (χ1v) is 8.45. The van der Waals surface area contributed by atoms with Crippen LogP contribution in [0.1, 0.15) is 32.1 Å². The molecular weight excluding hydrogens is 236 g/mol. The third kappa shape index (κ3) is 2.34. The molecule has 0 aromatic heterocycles. The summed E-state index contributed by atoms with van der Waals surface area (Å²) in [5.74, 6) is 4.34. The maximum Gasteiger partial charge on any atom is 0.0594 e. The van der Waals surface area contributed by atoms with Crippen LogP contribution < -0.4 is 5.32 Å². The van der Waals surface area contributed by atoms with Crippen molar-refractivity contribution in [3.8, 4) is 0 Å². The quantitative estimate of drug-likeness (QED) is 0.837. The summed E-state index contributed by atoms with van der Waals surface area (Å²) in [7, 11) is 0. The average Bonchev–Trinajstić information content (AvgIpc) is 3.12. The van der Waals surface area contributed by atoms with Gasteiger partial charge < -0.3 is 10.1 Å². The fourth-order valence-corrected chi connectivity index (χ4v) is 5.54. The van der Waals surface area contributed by atoms with Gasteiger partial charge >= 0.3 is 0 Å². The summed E-state index contributed by atoms with van der Waals surface area (Å²) < 4.78 is 5.40. The zero-order valence-corrected chi connectivity index (χ0v) is 12.0. The highest BCUT2D eigenvalue weighted by molar-refractivity contribution is 5.05. The summed E-state index contributed by atoms with van der Waals surface area (Å²) in [6.45, 7) is 6.51. The molecule has 4 fully saturated rings. The van der Waals surface area contributed by atoms with E-state index in [4.69, 9.17) is 4.74 Å². The van der Waals surface area contributed by atoms with Crippen LogP contribution in [0, 0.1) is 23.7 Å². The Morgan fingerprint density at radius 1 is 1.00 bits per heavy atom. The number of fused-ring (bicyclic) bond motifs is 5. The fraction of sp³-hybridized carbons (Fsp3) is 1.00. The topological polar surface area (TPSA) is 24.5 Å². The minimum absolute atomic E-state index is 0.852. The zero-order chi connectivity index (χ0) is 12.7. The molecule has 4 aliphatic rings. The van der Waals surface area contributed by atoms with Crippen molar-refractivity contribution >= 4 is 0 Å². The molecule has 3 heteroatoms. The Morgan fingerprint density at radius 2 is 1.84 bits per heavy atom. The lowest BCUT2D eigenvalue weighted by Gasteiger charge is -2.33. The van der Waals surface area contributed by atoms with Crippen molar-refractivity contribution in [2.24, 2.45) is 23.7 Å². The van der Waals surface area contributed by atoms with Gasteiger partial charge in [0, 0.05) is 32.2 Å². The fourth-order valence-electron chi connectivity index (χ4n) is 5.54. The highest BCUT2D eigenvalue weighted by atomic mass is 16.5. The molecule has 1 heterocycles. The van der Waals surface area contributed by atoms with Gasteiger partial charge in [0.25, 0.3) is 0 Å². The first-order valence-electron chi connectivity index (χ1n) is 8.45. The monoisotopic (exact) mass is 264 g/mol. The summed E-state index contributed by atoms with van der Waals surface area (Å²) in [5.41, 5.74) is 0.